The third-order valence-corrected chi connectivity index (χ3v) is 3.94. The Morgan fingerprint density at radius 1 is 1.24 bits per heavy atom. The second-order valence-corrected chi connectivity index (χ2v) is 5.55. The van der Waals surface area contributed by atoms with Crippen molar-refractivity contribution < 1.29 is 9.21 Å². The molecule has 1 aliphatic carbocycles. The molecule has 88 valence electrons. The molecule has 2 aromatic rings. The van der Waals surface area contributed by atoms with Crippen LogP contribution in [0.25, 0.3) is 11.0 Å². The fourth-order valence-electron chi connectivity index (χ4n) is 2.52. The Hall–Kier alpha value is -1.09. The van der Waals surface area contributed by atoms with Crippen molar-refractivity contribution in [1.29, 1.82) is 0 Å². The zero-order valence-corrected chi connectivity index (χ0v) is 11.0. The van der Waals surface area contributed by atoms with Gasteiger partial charge in [0.25, 0.3) is 0 Å². The molecular weight excluding hydrogens is 280 g/mol. The lowest BCUT2D eigenvalue weighted by molar-refractivity contribution is 0.0896. The zero-order valence-electron chi connectivity index (χ0n) is 9.41. The van der Waals surface area contributed by atoms with Gasteiger partial charge < -0.3 is 4.42 Å². The molecule has 1 heterocycles. The summed E-state index contributed by atoms with van der Waals surface area (Å²) in [6.45, 7) is 0. The Kier molecular flexibility index (Phi) is 2.79. The van der Waals surface area contributed by atoms with Gasteiger partial charge in [-0.1, -0.05) is 28.8 Å². The molecule has 0 atom stereocenters. The van der Waals surface area contributed by atoms with Crippen LogP contribution in [0.1, 0.15) is 36.2 Å². The predicted octanol–water partition coefficient (Wildman–Crippen LogP) is 4.57. The Bertz CT molecular complexity index is 565. The molecule has 0 spiro atoms. The van der Waals surface area contributed by atoms with E-state index in [0.717, 1.165) is 28.3 Å². The van der Waals surface area contributed by atoms with Gasteiger partial charge in [-0.05, 0) is 37.1 Å². The van der Waals surface area contributed by atoms with E-state index in [2.05, 4.69) is 15.9 Å². The quantitative estimate of drug-likeness (QED) is 0.759. The molecule has 0 saturated heterocycles. The molecule has 0 amide bonds. The van der Waals surface area contributed by atoms with Crippen LogP contribution >= 0.6 is 15.9 Å². The standard InChI is InChI=1S/C14H13BrO2/c15-11-5-6-12-10(7-11)8-13(17-12)14(16)9-3-1-2-4-9/h5-9H,1-4H2. The van der Waals surface area contributed by atoms with Crippen molar-refractivity contribution in [2.45, 2.75) is 25.7 Å². The van der Waals surface area contributed by atoms with Crippen molar-refractivity contribution in [2.75, 3.05) is 0 Å². The van der Waals surface area contributed by atoms with E-state index < -0.39 is 0 Å². The molecule has 17 heavy (non-hydrogen) atoms. The van der Waals surface area contributed by atoms with Gasteiger partial charge in [0.1, 0.15) is 5.58 Å². The van der Waals surface area contributed by atoms with Crippen LogP contribution in [0.4, 0.5) is 0 Å². The molecule has 1 fully saturated rings. The van der Waals surface area contributed by atoms with E-state index in [0.29, 0.717) is 5.76 Å². The first-order valence-electron chi connectivity index (χ1n) is 5.97. The summed E-state index contributed by atoms with van der Waals surface area (Å²) >= 11 is 3.42. The molecule has 1 aliphatic rings. The van der Waals surface area contributed by atoms with Gasteiger partial charge in [0.2, 0.25) is 5.78 Å². The third-order valence-electron chi connectivity index (χ3n) is 3.45. The summed E-state index contributed by atoms with van der Waals surface area (Å²) in [6, 6.07) is 7.66. The highest BCUT2D eigenvalue weighted by molar-refractivity contribution is 9.10. The summed E-state index contributed by atoms with van der Waals surface area (Å²) < 4.78 is 6.63. The van der Waals surface area contributed by atoms with Crippen LogP contribution in [-0.4, -0.2) is 5.78 Å². The van der Waals surface area contributed by atoms with Crippen LogP contribution < -0.4 is 0 Å². The van der Waals surface area contributed by atoms with E-state index in [9.17, 15) is 4.79 Å². The van der Waals surface area contributed by atoms with E-state index in [1.165, 1.54) is 12.8 Å². The predicted molar refractivity (Wildman–Crippen MR) is 70.2 cm³/mol. The van der Waals surface area contributed by atoms with Gasteiger partial charge in [0, 0.05) is 15.8 Å². The zero-order chi connectivity index (χ0) is 11.8. The lowest BCUT2D eigenvalue weighted by Crippen LogP contribution is -2.09. The van der Waals surface area contributed by atoms with Gasteiger partial charge >= 0.3 is 0 Å². The van der Waals surface area contributed by atoms with Crippen molar-refractivity contribution in [3.05, 3.63) is 34.5 Å². The fraction of sp³-hybridized carbons (Fsp3) is 0.357. The fourth-order valence-corrected chi connectivity index (χ4v) is 2.90. The average Bonchev–Trinajstić information content (AvgIpc) is 2.96. The maximum absolute atomic E-state index is 12.2. The number of rotatable bonds is 2. The second kappa shape index (κ2) is 4.30. The molecule has 2 nitrogen and oxygen atoms in total. The number of fused-ring (bicyclic) bond motifs is 1. The first kappa shape index (κ1) is 11.0. The molecule has 0 unspecified atom stereocenters. The van der Waals surface area contributed by atoms with Gasteiger partial charge in [-0.25, -0.2) is 0 Å². The Morgan fingerprint density at radius 3 is 2.76 bits per heavy atom. The molecular formula is C14H13BrO2. The molecule has 0 aliphatic heterocycles. The smallest absolute Gasteiger partial charge is 0.201 e. The summed E-state index contributed by atoms with van der Waals surface area (Å²) in [6.07, 6.45) is 4.36. The lowest BCUT2D eigenvalue weighted by atomic mass is 10.0. The topological polar surface area (TPSA) is 30.2 Å². The van der Waals surface area contributed by atoms with Crippen molar-refractivity contribution >= 4 is 32.7 Å². The number of carbonyl (C=O) groups is 1. The summed E-state index contributed by atoms with van der Waals surface area (Å²) in [5.74, 6) is 0.874. The van der Waals surface area contributed by atoms with Crippen LogP contribution in [0.5, 0.6) is 0 Å². The van der Waals surface area contributed by atoms with E-state index in [-0.39, 0.29) is 11.7 Å². The molecule has 0 bridgehead atoms. The number of hydrogen-bond acceptors (Lipinski definition) is 2. The minimum atomic E-state index is 0.176. The number of hydrogen-bond donors (Lipinski definition) is 0. The highest BCUT2D eigenvalue weighted by atomic mass is 79.9. The molecule has 0 radical (unpaired) electrons. The molecule has 3 heteroatoms. The minimum absolute atomic E-state index is 0.176. The number of benzene rings is 1. The molecule has 3 rings (SSSR count). The van der Waals surface area contributed by atoms with Crippen molar-refractivity contribution in [1.82, 2.24) is 0 Å². The molecule has 1 saturated carbocycles. The molecule has 1 aromatic heterocycles. The monoisotopic (exact) mass is 292 g/mol. The number of furan rings is 1. The van der Waals surface area contributed by atoms with E-state index in [4.69, 9.17) is 4.42 Å². The van der Waals surface area contributed by atoms with E-state index >= 15 is 0 Å². The normalized spacial score (nSPS) is 16.8. The SMILES string of the molecule is O=C(c1cc2cc(Br)ccc2o1)C1CCCC1. The highest BCUT2D eigenvalue weighted by Crippen LogP contribution is 2.30. The van der Waals surface area contributed by atoms with Crippen LogP contribution in [0, 0.1) is 5.92 Å². The molecule has 0 N–H and O–H groups in total. The number of carbonyl (C=O) groups excluding carboxylic acids is 1. The summed E-state index contributed by atoms with van der Waals surface area (Å²) in [7, 11) is 0. The van der Waals surface area contributed by atoms with Crippen LogP contribution in [0.3, 0.4) is 0 Å². The number of halogens is 1. The molecule has 1 aromatic carbocycles. The highest BCUT2D eigenvalue weighted by Gasteiger charge is 2.26. The van der Waals surface area contributed by atoms with Crippen LogP contribution in [0.15, 0.2) is 33.2 Å². The Balaban J connectivity index is 1.97. The number of ketones is 1. The van der Waals surface area contributed by atoms with Crippen molar-refractivity contribution in [3.63, 3.8) is 0 Å². The minimum Gasteiger partial charge on any atom is -0.453 e. The Labute approximate surface area is 108 Å². The third kappa shape index (κ3) is 2.04. The van der Waals surface area contributed by atoms with Gasteiger partial charge in [-0.2, -0.15) is 0 Å². The van der Waals surface area contributed by atoms with Gasteiger partial charge in [-0.3, -0.25) is 4.79 Å². The van der Waals surface area contributed by atoms with Gasteiger partial charge in [0.05, 0.1) is 0 Å². The van der Waals surface area contributed by atoms with Crippen molar-refractivity contribution in [2.24, 2.45) is 5.92 Å². The van der Waals surface area contributed by atoms with E-state index in [1.54, 1.807) is 0 Å². The lowest BCUT2D eigenvalue weighted by Gasteiger charge is -2.03. The Morgan fingerprint density at radius 2 is 2.00 bits per heavy atom. The summed E-state index contributed by atoms with van der Waals surface area (Å²) in [4.78, 5) is 12.2. The largest absolute Gasteiger partial charge is 0.453 e. The first-order valence-corrected chi connectivity index (χ1v) is 6.76. The summed E-state index contributed by atoms with van der Waals surface area (Å²) in [5, 5.41) is 0.987. The second-order valence-electron chi connectivity index (χ2n) is 4.64. The van der Waals surface area contributed by atoms with Gasteiger partial charge in [0.15, 0.2) is 5.76 Å². The maximum atomic E-state index is 12.2. The van der Waals surface area contributed by atoms with Crippen LogP contribution in [-0.2, 0) is 0 Å². The number of Topliss-reactive ketones (excluding diaryl/α,β-unsaturated/α-hetero) is 1. The maximum Gasteiger partial charge on any atom is 0.201 e. The van der Waals surface area contributed by atoms with E-state index in [1.807, 2.05) is 24.3 Å². The van der Waals surface area contributed by atoms with Gasteiger partial charge in [-0.15, -0.1) is 0 Å². The average molecular weight is 293 g/mol. The summed E-state index contributed by atoms with van der Waals surface area (Å²) in [5.41, 5.74) is 0.787. The van der Waals surface area contributed by atoms with Crippen molar-refractivity contribution in [3.8, 4) is 0 Å². The van der Waals surface area contributed by atoms with Crippen LogP contribution in [0.2, 0.25) is 0 Å². The first-order chi connectivity index (χ1) is 8.24.